The third-order valence-electron chi connectivity index (χ3n) is 2.77. The zero-order chi connectivity index (χ0) is 13.8. The van der Waals surface area contributed by atoms with Crippen LogP contribution in [-0.4, -0.2) is 11.1 Å². The maximum absolute atomic E-state index is 9.87. The number of aliphatic carboxylic acids is 1. The van der Waals surface area contributed by atoms with E-state index in [-0.39, 0.29) is 0 Å². The largest absolute Gasteiger partial charge is 0.481 e. The molecule has 0 spiro atoms. The fraction of sp³-hybridized carbons (Fsp3) is 0.562. The second-order valence-electron chi connectivity index (χ2n) is 4.53. The second kappa shape index (κ2) is 10.8. The third kappa shape index (κ3) is 8.80. The lowest BCUT2D eigenvalue weighted by molar-refractivity contribution is -0.137. The Hall–Kier alpha value is -1.31. The lowest BCUT2D eigenvalue weighted by atomic mass is 10.1. The summed E-state index contributed by atoms with van der Waals surface area (Å²) in [4.78, 5) is 9.87. The number of aryl methyl sites for hydroxylation is 2. The zero-order valence-electron chi connectivity index (χ0n) is 11.9. The molecule has 0 saturated heterocycles. The van der Waals surface area contributed by atoms with Crippen LogP contribution < -0.4 is 0 Å². The highest BCUT2D eigenvalue weighted by Crippen LogP contribution is 2.08. The summed E-state index contributed by atoms with van der Waals surface area (Å²) in [6.45, 7) is 6.44. The molecule has 0 radical (unpaired) electrons. The van der Waals surface area contributed by atoms with Gasteiger partial charge >= 0.3 is 5.97 Å². The lowest BCUT2D eigenvalue weighted by Gasteiger charge is -2.01. The van der Waals surface area contributed by atoms with Crippen LogP contribution in [0.5, 0.6) is 0 Å². The van der Waals surface area contributed by atoms with E-state index in [0.717, 1.165) is 19.3 Å². The number of carboxylic acid groups (broad SMARTS) is 1. The highest BCUT2D eigenvalue weighted by molar-refractivity contribution is 5.66. The van der Waals surface area contributed by atoms with Crippen molar-refractivity contribution in [1.82, 2.24) is 0 Å². The van der Waals surface area contributed by atoms with Crippen LogP contribution >= 0.6 is 0 Å². The molecule has 1 aromatic rings. The van der Waals surface area contributed by atoms with Crippen LogP contribution in [0.3, 0.4) is 0 Å². The van der Waals surface area contributed by atoms with Crippen molar-refractivity contribution in [2.45, 2.75) is 59.3 Å². The lowest BCUT2D eigenvalue weighted by Crippen LogP contribution is -1.92. The number of hydrogen-bond donors (Lipinski definition) is 1. The third-order valence-corrected chi connectivity index (χ3v) is 2.77. The van der Waals surface area contributed by atoms with Crippen LogP contribution in [0.4, 0.5) is 0 Å². The van der Waals surface area contributed by atoms with Crippen molar-refractivity contribution in [3.8, 4) is 0 Å². The molecule has 1 N–H and O–H groups in total. The number of rotatable bonds is 6. The topological polar surface area (TPSA) is 37.3 Å². The van der Waals surface area contributed by atoms with Gasteiger partial charge in [-0.05, 0) is 30.9 Å². The molecule has 0 unspecified atom stereocenters. The molecule has 0 saturated carbocycles. The summed E-state index contributed by atoms with van der Waals surface area (Å²) < 4.78 is 0. The number of carboxylic acids is 1. The first-order chi connectivity index (χ1) is 8.61. The van der Waals surface area contributed by atoms with Crippen molar-refractivity contribution in [2.75, 3.05) is 0 Å². The maximum atomic E-state index is 9.87. The molecule has 2 heteroatoms. The highest BCUT2D eigenvalue weighted by atomic mass is 16.4. The molecule has 18 heavy (non-hydrogen) atoms. The maximum Gasteiger partial charge on any atom is 0.303 e. The SMILES string of the molecule is CCCCCC(=O)O.CCCc1ccccc1C. The van der Waals surface area contributed by atoms with Gasteiger partial charge in [-0.25, -0.2) is 0 Å². The van der Waals surface area contributed by atoms with Crippen LogP contribution in [0.15, 0.2) is 24.3 Å². The Bertz CT molecular complexity index is 332. The van der Waals surface area contributed by atoms with E-state index >= 15 is 0 Å². The van der Waals surface area contributed by atoms with E-state index in [9.17, 15) is 4.79 Å². The van der Waals surface area contributed by atoms with Gasteiger partial charge in [-0.2, -0.15) is 0 Å². The average Bonchev–Trinajstić information content (AvgIpc) is 2.33. The van der Waals surface area contributed by atoms with E-state index in [0.29, 0.717) is 6.42 Å². The minimum absolute atomic E-state index is 0.327. The van der Waals surface area contributed by atoms with Crippen molar-refractivity contribution in [1.29, 1.82) is 0 Å². The van der Waals surface area contributed by atoms with Gasteiger partial charge < -0.3 is 5.11 Å². The van der Waals surface area contributed by atoms with E-state index in [4.69, 9.17) is 5.11 Å². The first-order valence-electron chi connectivity index (χ1n) is 6.88. The van der Waals surface area contributed by atoms with Crippen molar-refractivity contribution < 1.29 is 9.90 Å². The predicted octanol–water partition coefficient (Wildman–Crippen LogP) is 4.60. The molecule has 1 rings (SSSR count). The van der Waals surface area contributed by atoms with Crippen molar-refractivity contribution in [2.24, 2.45) is 0 Å². The van der Waals surface area contributed by atoms with Crippen LogP contribution in [0.1, 0.15) is 57.1 Å². The molecule has 1 aromatic carbocycles. The Morgan fingerprint density at radius 2 is 1.78 bits per heavy atom. The van der Waals surface area contributed by atoms with E-state index in [1.54, 1.807) is 0 Å². The molecule has 0 fully saturated rings. The van der Waals surface area contributed by atoms with Crippen LogP contribution in [0, 0.1) is 6.92 Å². The normalized spacial score (nSPS) is 9.50. The Labute approximate surface area is 111 Å². The summed E-state index contributed by atoms with van der Waals surface area (Å²) in [6, 6.07) is 8.58. The summed E-state index contributed by atoms with van der Waals surface area (Å²) in [5.41, 5.74) is 2.91. The van der Waals surface area contributed by atoms with Crippen LogP contribution in [0.25, 0.3) is 0 Å². The monoisotopic (exact) mass is 250 g/mol. The highest BCUT2D eigenvalue weighted by Gasteiger charge is 1.93. The quantitative estimate of drug-likeness (QED) is 0.749. The molecule has 0 aromatic heterocycles. The first-order valence-corrected chi connectivity index (χ1v) is 6.88. The van der Waals surface area contributed by atoms with E-state index in [2.05, 4.69) is 45.0 Å². The molecule has 0 atom stereocenters. The minimum atomic E-state index is -0.682. The van der Waals surface area contributed by atoms with Gasteiger partial charge in [-0.15, -0.1) is 0 Å². The standard InChI is InChI=1S/C10H14.C6H12O2/c1-3-6-10-8-5-4-7-9(10)2;1-2-3-4-5-6(7)8/h4-5,7-8H,3,6H2,1-2H3;2-5H2,1H3,(H,7,8). The Morgan fingerprint density at radius 3 is 2.28 bits per heavy atom. The number of unbranched alkanes of at least 4 members (excludes halogenated alkanes) is 2. The molecule has 0 bridgehead atoms. The number of benzene rings is 1. The van der Waals surface area contributed by atoms with E-state index < -0.39 is 5.97 Å². The van der Waals surface area contributed by atoms with E-state index in [1.807, 2.05) is 0 Å². The molecular weight excluding hydrogens is 224 g/mol. The Morgan fingerprint density at radius 1 is 1.11 bits per heavy atom. The fourth-order valence-corrected chi connectivity index (χ4v) is 1.69. The summed E-state index contributed by atoms with van der Waals surface area (Å²) in [7, 11) is 0. The molecule has 0 aliphatic rings. The molecular formula is C16H26O2. The molecule has 0 amide bonds. The van der Waals surface area contributed by atoms with Gasteiger partial charge in [0, 0.05) is 6.42 Å². The van der Waals surface area contributed by atoms with Crippen molar-refractivity contribution in [3.05, 3.63) is 35.4 Å². The summed E-state index contributed by atoms with van der Waals surface area (Å²) in [5.74, 6) is -0.682. The van der Waals surface area contributed by atoms with Crippen molar-refractivity contribution >= 4 is 5.97 Å². The van der Waals surface area contributed by atoms with Gasteiger partial charge in [0.25, 0.3) is 0 Å². The minimum Gasteiger partial charge on any atom is -0.481 e. The number of hydrogen-bond acceptors (Lipinski definition) is 1. The predicted molar refractivity (Wildman–Crippen MR) is 77.0 cm³/mol. The Kier molecular flexibility index (Phi) is 10.0. The molecule has 0 heterocycles. The van der Waals surface area contributed by atoms with Gasteiger partial charge in [-0.1, -0.05) is 57.4 Å². The second-order valence-corrected chi connectivity index (χ2v) is 4.53. The smallest absolute Gasteiger partial charge is 0.303 e. The van der Waals surface area contributed by atoms with E-state index in [1.165, 1.54) is 24.0 Å². The van der Waals surface area contributed by atoms with Gasteiger partial charge in [0.1, 0.15) is 0 Å². The van der Waals surface area contributed by atoms with Crippen molar-refractivity contribution in [3.63, 3.8) is 0 Å². The first kappa shape index (κ1) is 16.7. The fourth-order valence-electron chi connectivity index (χ4n) is 1.69. The molecule has 0 aliphatic carbocycles. The number of carbonyl (C=O) groups is 1. The summed E-state index contributed by atoms with van der Waals surface area (Å²) >= 11 is 0. The molecule has 102 valence electrons. The zero-order valence-corrected chi connectivity index (χ0v) is 11.9. The van der Waals surface area contributed by atoms with Crippen LogP contribution in [0.2, 0.25) is 0 Å². The molecule has 2 nitrogen and oxygen atoms in total. The summed E-state index contributed by atoms with van der Waals surface area (Å²) in [5, 5.41) is 8.14. The van der Waals surface area contributed by atoms with Gasteiger partial charge in [0.15, 0.2) is 0 Å². The van der Waals surface area contributed by atoms with Gasteiger partial charge in [0.05, 0.1) is 0 Å². The Balaban J connectivity index is 0.000000331. The molecule has 0 aliphatic heterocycles. The average molecular weight is 250 g/mol. The van der Waals surface area contributed by atoms with Gasteiger partial charge in [0.2, 0.25) is 0 Å². The summed E-state index contributed by atoms with van der Waals surface area (Å²) in [6.07, 6.45) is 5.73. The van der Waals surface area contributed by atoms with Crippen LogP contribution in [-0.2, 0) is 11.2 Å². The van der Waals surface area contributed by atoms with Gasteiger partial charge in [-0.3, -0.25) is 4.79 Å².